The largest absolute Gasteiger partial charge is 0.490 e. The van der Waals surface area contributed by atoms with Gasteiger partial charge in [0.05, 0.1) is 25.0 Å². The molecule has 0 spiro atoms. The molecule has 0 saturated heterocycles. The molecule has 0 amide bonds. The molecule has 1 N–H and O–H groups in total. The fourth-order valence-electron chi connectivity index (χ4n) is 3.25. The molecular formula is C18H23N3O2S. The number of hydrogen-bond donors (Lipinski definition) is 1. The van der Waals surface area contributed by atoms with E-state index in [1.54, 1.807) is 11.8 Å². The van der Waals surface area contributed by atoms with E-state index in [1.807, 2.05) is 12.1 Å². The number of amidine groups is 1. The number of nitrogens with one attached hydrogen (secondary N) is 1. The Morgan fingerprint density at radius 2 is 1.88 bits per heavy atom. The van der Waals surface area contributed by atoms with Gasteiger partial charge >= 0.3 is 0 Å². The summed E-state index contributed by atoms with van der Waals surface area (Å²) in [7, 11) is 0. The molecule has 2 heterocycles. The monoisotopic (exact) mass is 345 g/mol. The second-order valence-electron chi connectivity index (χ2n) is 6.40. The predicted octanol–water partition coefficient (Wildman–Crippen LogP) is 3.58. The van der Waals surface area contributed by atoms with Crippen molar-refractivity contribution in [2.24, 2.45) is 10.1 Å². The Bertz CT molecular complexity index is 654. The molecule has 0 atom stereocenters. The van der Waals surface area contributed by atoms with Gasteiger partial charge in [0.1, 0.15) is 0 Å². The third-order valence-corrected chi connectivity index (χ3v) is 5.48. The van der Waals surface area contributed by atoms with Crippen molar-refractivity contribution in [3.05, 3.63) is 23.8 Å². The first-order chi connectivity index (χ1) is 11.9. The van der Waals surface area contributed by atoms with E-state index >= 15 is 0 Å². The summed E-state index contributed by atoms with van der Waals surface area (Å²) in [6.45, 7) is 1.42. The van der Waals surface area contributed by atoms with Crippen LogP contribution in [0.25, 0.3) is 0 Å². The molecular weight excluding hydrogens is 322 g/mol. The van der Waals surface area contributed by atoms with Crippen LogP contribution >= 0.6 is 11.8 Å². The smallest absolute Gasteiger partial charge is 0.177 e. The minimum Gasteiger partial charge on any atom is -0.490 e. The fourth-order valence-corrected chi connectivity index (χ4v) is 4.09. The van der Waals surface area contributed by atoms with Crippen molar-refractivity contribution in [1.29, 1.82) is 0 Å². The summed E-state index contributed by atoms with van der Waals surface area (Å²) in [5.74, 6) is 2.48. The van der Waals surface area contributed by atoms with Gasteiger partial charge in [0.2, 0.25) is 0 Å². The van der Waals surface area contributed by atoms with Crippen LogP contribution in [0.2, 0.25) is 0 Å². The van der Waals surface area contributed by atoms with Gasteiger partial charge in [0, 0.05) is 17.7 Å². The highest BCUT2D eigenvalue weighted by atomic mass is 32.2. The Morgan fingerprint density at radius 3 is 2.67 bits per heavy atom. The maximum Gasteiger partial charge on any atom is 0.177 e. The zero-order valence-corrected chi connectivity index (χ0v) is 14.6. The molecule has 4 rings (SSSR count). The van der Waals surface area contributed by atoms with Crippen LogP contribution in [0.15, 0.2) is 28.3 Å². The zero-order valence-electron chi connectivity index (χ0n) is 13.8. The van der Waals surface area contributed by atoms with Crippen molar-refractivity contribution in [2.75, 3.05) is 19.0 Å². The molecule has 5 nitrogen and oxygen atoms in total. The van der Waals surface area contributed by atoms with Gasteiger partial charge in [-0.05, 0) is 31.0 Å². The van der Waals surface area contributed by atoms with E-state index in [-0.39, 0.29) is 0 Å². The Morgan fingerprint density at radius 1 is 1.04 bits per heavy atom. The molecule has 0 bridgehead atoms. The van der Waals surface area contributed by atoms with Crippen molar-refractivity contribution in [3.8, 4) is 11.5 Å². The lowest BCUT2D eigenvalue weighted by Gasteiger charge is -2.21. The topological polar surface area (TPSA) is 55.2 Å². The molecule has 128 valence electrons. The van der Waals surface area contributed by atoms with Crippen molar-refractivity contribution < 1.29 is 9.47 Å². The fraction of sp³-hybridized carbons (Fsp3) is 0.556. The lowest BCUT2D eigenvalue weighted by Crippen LogP contribution is -2.27. The molecule has 0 unspecified atom stereocenters. The second-order valence-corrected chi connectivity index (χ2v) is 7.36. The summed E-state index contributed by atoms with van der Waals surface area (Å²) in [5.41, 5.74) is 5.24. The maximum atomic E-state index is 5.77. The molecule has 1 aromatic carbocycles. The van der Waals surface area contributed by atoms with Crippen molar-refractivity contribution in [3.63, 3.8) is 0 Å². The standard InChI is InChI=1S/C18H23N3O2S/c1-2-5-14(6-3-1)19-18-21-20-15(12-24-18)13-7-8-16-17(11-13)23-10-4-9-22-16/h7-8,11,14H,1-6,9-10,12H2,(H,19,21). The van der Waals surface area contributed by atoms with Crippen LogP contribution in [0, 0.1) is 0 Å². The summed E-state index contributed by atoms with van der Waals surface area (Å²) in [6.07, 6.45) is 7.31. The average Bonchev–Trinajstić information content (AvgIpc) is 2.88. The number of fused-ring (bicyclic) bond motifs is 1. The lowest BCUT2D eigenvalue weighted by molar-refractivity contribution is 0.297. The van der Waals surface area contributed by atoms with E-state index in [0.717, 1.165) is 40.1 Å². The van der Waals surface area contributed by atoms with E-state index in [2.05, 4.69) is 16.6 Å². The van der Waals surface area contributed by atoms with Gasteiger partial charge in [-0.1, -0.05) is 31.0 Å². The van der Waals surface area contributed by atoms with Gasteiger partial charge in [0.25, 0.3) is 0 Å². The maximum absolute atomic E-state index is 5.77. The van der Waals surface area contributed by atoms with E-state index in [1.165, 1.54) is 32.1 Å². The predicted molar refractivity (Wildman–Crippen MR) is 98.5 cm³/mol. The Balaban J connectivity index is 1.46. The van der Waals surface area contributed by atoms with E-state index in [0.29, 0.717) is 19.3 Å². The summed E-state index contributed by atoms with van der Waals surface area (Å²) < 4.78 is 11.5. The van der Waals surface area contributed by atoms with Crippen molar-refractivity contribution in [2.45, 2.75) is 44.6 Å². The zero-order chi connectivity index (χ0) is 16.2. The van der Waals surface area contributed by atoms with Crippen LogP contribution in [0.3, 0.4) is 0 Å². The van der Waals surface area contributed by atoms with E-state index in [9.17, 15) is 0 Å². The number of hydrazone groups is 1. The Hall–Kier alpha value is -1.69. The molecule has 1 aliphatic carbocycles. The van der Waals surface area contributed by atoms with Gasteiger partial charge in [-0.25, -0.2) is 0 Å². The van der Waals surface area contributed by atoms with Gasteiger partial charge in [-0.15, -0.1) is 0 Å². The van der Waals surface area contributed by atoms with Crippen molar-refractivity contribution >= 4 is 22.6 Å². The molecule has 1 saturated carbocycles. The molecule has 3 aliphatic rings. The molecule has 2 aliphatic heterocycles. The molecule has 1 fully saturated rings. The molecule has 6 heteroatoms. The lowest BCUT2D eigenvalue weighted by atomic mass is 9.96. The SMILES string of the molecule is c1cc2c(cc1C1=NNC(=NC3CCCCC3)SC1)OCCCO2. The minimum absolute atomic E-state index is 0.476. The number of hydrogen-bond acceptors (Lipinski definition) is 5. The summed E-state index contributed by atoms with van der Waals surface area (Å²) in [5, 5.41) is 5.50. The highest BCUT2D eigenvalue weighted by molar-refractivity contribution is 8.14. The third-order valence-electron chi connectivity index (χ3n) is 4.59. The van der Waals surface area contributed by atoms with E-state index in [4.69, 9.17) is 14.5 Å². The number of benzene rings is 1. The summed E-state index contributed by atoms with van der Waals surface area (Å²) in [4.78, 5) is 4.82. The second kappa shape index (κ2) is 7.47. The molecule has 1 aromatic rings. The van der Waals surface area contributed by atoms with Crippen LogP contribution in [-0.2, 0) is 0 Å². The Kier molecular flexibility index (Phi) is 4.92. The first kappa shape index (κ1) is 15.8. The number of thioether (sulfide) groups is 1. The quantitative estimate of drug-likeness (QED) is 0.890. The van der Waals surface area contributed by atoms with Crippen molar-refractivity contribution in [1.82, 2.24) is 5.43 Å². The molecule has 24 heavy (non-hydrogen) atoms. The van der Waals surface area contributed by atoms with Crippen LogP contribution in [-0.4, -0.2) is 35.9 Å². The van der Waals surface area contributed by atoms with Crippen LogP contribution < -0.4 is 14.9 Å². The first-order valence-corrected chi connectivity index (χ1v) is 9.80. The third kappa shape index (κ3) is 3.69. The number of rotatable bonds is 2. The van der Waals surface area contributed by atoms with Gasteiger partial charge < -0.3 is 9.47 Å². The molecule has 0 aromatic heterocycles. The van der Waals surface area contributed by atoms with Crippen LogP contribution in [0.1, 0.15) is 44.1 Å². The van der Waals surface area contributed by atoms with Gasteiger partial charge in [-0.2, -0.15) is 5.10 Å². The highest BCUT2D eigenvalue weighted by Crippen LogP contribution is 2.31. The van der Waals surface area contributed by atoms with E-state index < -0.39 is 0 Å². The van der Waals surface area contributed by atoms with Gasteiger partial charge in [0.15, 0.2) is 16.7 Å². The summed E-state index contributed by atoms with van der Waals surface area (Å²) in [6, 6.07) is 6.54. The molecule has 0 radical (unpaired) electrons. The number of ether oxygens (including phenoxy) is 2. The normalized spacial score (nSPS) is 23.3. The van der Waals surface area contributed by atoms with Crippen LogP contribution in [0.4, 0.5) is 0 Å². The van der Waals surface area contributed by atoms with Gasteiger partial charge in [-0.3, -0.25) is 10.4 Å². The highest BCUT2D eigenvalue weighted by Gasteiger charge is 2.19. The van der Waals surface area contributed by atoms with Crippen LogP contribution in [0.5, 0.6) is 11.5 Å². The minimum atomic E-state index is 0.476. The Labute approximate surface area is 146 Å². The first-order valence-electron chi connectivity index (χ1n) is 8.82. The number of aliphatic imine (C=N–C) groups is 1. The summed E-state index contributed by atoms with van der Waals surface area (Å²) >= 11 is 1.74. The number of nitrogens with zero attached hydrogens (tertiary/aromatic N) is 2. The average molecular weight is 345 g/mol.